The van der Waals surface area contributed by atoms with Crippen molar-refractivity contribution >= 4 is 17.8 Å². The normalized spacial score (nSPS) is 25.1. The Balaban J connectivity index is 1.79. The zero-order chi connectivity index (χ0) is 14.4. The number of amides is 2. The standard InChI is InChI=1S/C15H29N3OS/c1-3-16-15(19)17-10-7-13(8-11-17)18-9-5-6-14(18)12-20-4-2/h13-14H,3-12H2,1-2H3,(H,16,19)/t14-/m0/s1. The number of hydrogen-bond acceptors (Lipinski definition) is 3. The molecule has 0 aromatic rings. The molecule has 2 aliphatic heterocycles. The van der Waals surface area contributed by atoms with Crippen molar-refractivity contribution in [3.05, 3.63) is 0 Å². The van der Waals surface area contributed by atoms with E-state index >= 15 is 0 Å². The number of rotatable bonds is 5. The van der Waals surface area contributed by atoms with Crippen LogP contribution in [-0.2, 0) is 0 Å². The molecule has 20 heavy (non-hydrogen) atoms. The van der Waals surface area contributed by atoms with Gasteiger partial charge < -0.3 is 10.2 Å². The van der Waals surface area contributed by atoms with Crippen LogP contribution in [-0.4, -0.2) is 65.6 Å². The maximum atomic E-state index is 11.8. The van der Waals surface area contributed by atoms with Crippen LogP contribution in [0.25, 0.3) is 0 Å². The fourth-order valence-corrected chi connectivity index (χ4v) is 4.30. The maximum absolute atomic E-state index is 11.8. The topological polar surface area (TPSA) is 35.6 Å². The van der Waals surface area contributed by atoms with E-state index in [0.717, 1.165) is 38.5 Å². The second kappa shape index (κ2) is 8.13. The molecule has 0 radical (unpaired) electrons. The molecule has 0 bridgehead atoms. The second-order valence-corrected chi connectivity index (χ2v) is 7.07. The first-order valence-corrected chi connectivity index (χ1v) is 9.28. The van der Waals surface area contributed by atoms with E-state index in [1.54, 1.807) is 0 Å². The largest absolute Gasteiger partial charge is 0.338 e. The molecule has 0 aromatic heterocycles. The van der Waals surface area contributed by atoms with Crippen molar-refractivity contribution in [3.8, 4) is 0 Å². The maximum Gasteiger partial charge on any atom is 0.317 e. The van der Waals surface area contributed by atoms with Gasteiger partial charge in [-0.1, -0.05) is 6.92 Å². The summed E-state index contributed by atoms with van der Waals surface area (Å²) in [4.78, 5) is 16.5. The first kappa shape index (κ1) is 16.0. The second-order valence-electron chi connectivity index (χ2n) is 5.75. The van der Waals surface area contributed by atoms with Gasteiger partial charge in [0, 0.05) is 37.5 Å². The predicted molar refractivity (Wildman–Crippen MR) is 86.4 cm³/mol. The molecule has 2 heterocycles. The summed E-state index contributed by atoms with van der Waals surface area (Å²) >= 11 is 2.07. The molecule has 2 aliphatic rings. The smallest absolute Gasteiger partial charge is 0.317 e. The van der Waals surface area contributed by atoms with E-state index in [1.165, 1.54) is 30.9 Å². The highest BCUT2D eigenvalue weighted by Crippen LogP contribution is 2.28. The summed E-state index contributed by atoms with van der Waals surface area (Å²) in [5.41, 5.74) is 0. The first-order chi connectivity index (χ1) is 9.76. The van der Waals surface area contributed by atoms with Crippen molar-refractivity contribution in [1.82, 2.24) is 15.1 Å². The van der Waals surface area contributed by atoms with Crippen LogP contribution in [0.4, 0.5) is 4.79 Å². The lowest BCUT2D eigenvalue weighted by atomic mass is 10.0. The Morgan fingerprint density at radius 3 is 2.60 bits per heavy atom. The molecule has 0 aliphatic carbocycles. The minimum atomic E-state index is 0.116. The Hall–Kier alpha value is -0.420. The van der Waals surface area contributed by atoms with Gasteiger partial charge in [-0.3, -0.25) is 4.90 Å². The van der Waals surface area contributed by atoms with Gasteiger partial charge in [-0.15, -0.1) is 0 Å². The molecule has 0 aromatic carbocycles. The Labute approximate surface area is 127 Å². The minimum Gasteiger partial charge on any atom is -0.338 e. The van der Waals surface area contributed by atoms with Crippen LogP contribution in [0.15, 0.2) is 0 Å². The van der Waals surface area contributed by atoms with Gasteiger partial charge in [0.2, 0.25) is 0 Å². The Morgan fingerprint density at radius 2 is 1.95 bits per heavy atom. The molecule has 2 saturated heterocycles. The van der Waals surface area contributed by atoms with Crippen LogP contribution in [0.5, 0.6) is 0 Å². The fraction of sp³-hybridized carbons (Fsp3) is 0.933. The van der Waals surface area contributed by atoms with E-state index in [1.807, 2.05) is 11.8 Å². The highest BCUT2D eigenvalue weighted by molar-refractivity contribution is 7.99. The predicted octanol–water partition coefficient (Wildman–Crippen LogP) is 2.40. The number of likely N-dealkylation sites (tertiary alicyclic amines) is 2. The summed E-state index contributed by atoms with van der Waals surface area (Å²) in [6, 6.07) is 1.59. The van der Waals surface area contributed by atoms with E-state index in [2.05, 4.69) is 28.9 Å². The molecular weight excluding hydrogens is 270 g/mol. The highest BCUT2D eigenvalue weighted by Gasteiger charge is 2.33. The number of thioether (sulfide) groups is 1. The molecule has 0 unspecified atom stereocenters. The van der Waals surface area contributed by atoms with Gasteiger partial charge in [0.1, 0.15) is 0 Å². The summed E-state index contributed by atoms with van der Waals surface area (Å²) in [5, 5.41) is 2.91. The number of hydrogen-bond donors (Lipinski definition) is 1. The van der Waals surface area contributed by atoms with Crippen molar-refractivity contribution in [2.45, 2.75) is 51.6 Å². The van der Waals surface area contributed by atoms with Crippen molar-refractivity contribution in [2.75, 3.05) is 37.7 Å². The van der Waals surface area contributed by atoms with E-state index in [-0.39, 0.29) is 6.03 Å². The average Bonchev–Trinajstić information content (AvgIpc) is 2.94. The molecule has 116 valence electrons. The zero-order valence-corrected chi connectivity index (χ0v) is 13.8. The van der Waals surface area contributed by atoms with Gasteiger partial charge in [-0.25, -0.2) is 4.79 Å². The summed E-state index contributed by atoms with van der Waals surface area (Å²) in [6.07, 6.45) is 5.00. The van der Waals surface area contributed by atoms with Crippen molar-refractivity contribution < 1.29 is 4.79 Å². The van der Waals surface area contributed by atoms with Crippen LogP contribution in [0.1, 0.15) is 39.5 Å². The third-order valence-corrected chi connectivity index (χ3v) is 5.51. The molecule has 2 fully saturated rings. The van der Waals surface area contributed by atoms with E-state index in [4.69, 9.17) is 0 Å². The zero-order valence-electron chi connectivity index (χ0n) is 12.9. The van der Waals surface area contributed by atoms with Crippen LogP contribution in [0, 0.1) is 0 Å². The third-order valence-electron chi connectivity index (χ3n) is 4.49. The Bertz CT molecular complexity index is 305. The van der Waals surface area contributed by atoms with Crippen LogP contribution < -0.4 is 5.32 Å². The Kier molecular flexibility index (Phi) is 6.49. The lowest BCUT2D eigenvalue weighted by molar-refractivity contribution is 0.114. The van der Waals surface area contributed by atoms with Gasteiger partial charge in [0.15, 0.2) is 0 Å². The quantitative estimate of drug-likeness (QED) is 0.847. The number of nitrogens with zero attached hydrogens (tertiary/aromatic N) is 2. The number of urea groups is 1. The summed E-state index contributed by atoms with van der Waals surface area (Å²) in [7, 11) is 0. The van der Waals surface area contributed by atoms with Gasteiger partial charge in [0.05, 0.1) is 0 Å². The molecule has 1 atom stereocenters. The monoisotopic (exact) mass is 299 g/mol. The summed E-state index contributed by atoms with van der Waals surface area (Å²) in [6.45, 7) is 8.04. The third kappa shape index (κ3) is 4.04. The molecule has 0 saturated carbocycles. The van der Waals surface area contributed by atoms with Crippen LogP contribution in [0.3, 0.4) is 0 Å². The molecule has 5 heteroatoms. The SMILES string of the molecule is CCNC(=O)N1CCC(N2CCC[C@H]2CSCC)CC1. The lowest BCUT2D eigenvalue weighted by Gasteiger charge is -2.39. The molecule has 2 rings (SSSR count). The highest BCUT2D eigenvalue weighted by atomic mass is 32.2. The number of piperidine rings is 1. The van der Waals surface area contributed by atoms with Gasteiger partial charge in [-0.05, 0) is 44.9 Å². The summed E-state index contributed by atoms with van der Waals surface area (Å²) < 4.78 is 0. The van der Waals surface area contributed by atoms with Crippen molar-refractivity contribution in [2.24, 2.45) is 0 Å². The van der Waals surface area contributed by atoms with Gasteiger partial charge in [0.25, 0.3) is 0 Å². The summed E-state index contributed by atoms with van der Waals surface area (Å²) in [5.74, 6) is 2.51. The van der Waals surface area contributed by atoms with E-state index in [0.29, 0.717) is 6.04 Å². The number of nitrogens with one attached hydrogen (secondary N) is 1. The van der Waals surface area contributed by atoms with Crippen molar-refractivity contribution in [3.63, 3.8) is 0 Å². The van der Waals surface area contributed by atoms with Crippen LogP contribution in [0.2, 0.25) is 0 Å². The van der Waals surface area contributed by atoms with Gasteiger partial charge in [-0.2, -0.15) is 11.8 Å². The average molecular weight is 299 g/mol. The molecular formula is C15H29N3OS. The fourth-order valence-electron chi connectivity index (χ4n) is 3.44. The molecule has 2 amide bonds. The number of carbonyl (C=O) groups excluding carboxylic acids is 1. The van der Waals surface area contributed by atoms with E-state index in [9.17, 15) is 4.79 Å². The molecule has 1 N–H and O–H groups in total. The van der Waals surface area contributed by atoms with Crippen LogP contribution >= 0.6 is 11.8 Å². The van der Waals surface area contributed by atoms with Gasteiger partial charge >= 0.3 is 6.03 Å². The molecule has 0 spiro atoms. The minimum absolute atomic E-state index is 0.116. The molecule has 4 nitrogen and oxygen atoms in total. The van der Waals surface area contributed by atoms with Crippen molar-refractivity contribution in [1.29, 1.82) is 0 Å². The number of carbonyl (C=O) groups is 1. The Morgan fingerprint density at radius 1 is 1.20 bits per heavy atom. The lowest BCUT2D eigenvalue weighted by Crippen LogP contribution is -2.50. The van der Waals surface area contributed by atoms with E-state index < -0.39 is 0 Å². The first-order valence-electron chi connectivity index (χ1n) is 8.12.